The second-order valence-corrected chi connectivity index (χ2v) is 6.22. The minimum absolute atomic E-state index is 0.396. The van der Waals surface area contributed by atoms with Crippen LogP contribution in [0.1, 0.15) is 29.9 Å². The molecule has 0 amide bonds. The average Bonchev–Trinajstić information content (AvgIpc) is 2.57. The molecule has 0 aliphatic heterocycles. The van der Waals surface area contributed by atoms with Gasteiger partial charge in [0.2, 0.25) is 0 Å². The van der Waals surface area contributed by atoms with E-state index in [0.717, 1.165) is 25.2 Å². The van der Waals surface area contributed by atoms with Gasteiger partial charge in [0.25, 0.3) is 0 Å². The number of nitrogens with zero attached hydrogens (tertiary/aromatic N) is 1. The maximum absolute atomic E-state index is 5.96. The predicted octanol–water partition coefficient (Wildman–Crippen LogP) is 3.96. The molecule has 0 spiro atoms. The zero-order valence-electron chi connectivity index (χ0n) is 14.5. The van der Waals surface area contributed by atoms with E-state index < -0.39 is 0 Å². The van der Waals surface area contributed by atoms with Gasteiger partial charge in [0.05, 0.1) is 6.61 Å². The van der Waals surface area contributed by atoms with Crippen LogP contribution in [0.2, 0.25) is 0 Å². The number of hydrogen-bond acceptors (Lipinski definition) is 3. The van der Waals surface area contributed by atoms with Gasteiger partial charge in [-0.2, -0.15) is 0 Å². The third-order valence-electron chi connectivity index (χ3n) is 4.15. The lowest BCUT2D eigenvalue weighted by Crippen LogP contribution is -2.14. The molecule has 3 nitrogen and oxygen atoms in total. The Bertz CT molecular complexity index is 576. The molecule has 1 atom stereocenters. The van der Waals surface area contributed by atoms with Gasteiger partial charge >= 0.3 is 0 Å². The first-order chi connectivity index (χ1) is 11.1. The summed E-state index contributed by atoms with van der Waals surface area (Å²) in [5, 5.41) is 0. The van der Waals surface area contributed by atoms with Crippen LogP contribution in [0.5, 0.6) is 5.75 Å². The number of anilines is 1. The highest BCUT2D eigenvalue weighted by atomic mass is 16.5. The molecule has 2 N–H and O–H groups in total. The second-order valence-electron chi connectivity index (χ2n) is 6.22. The SMILES string of the molecule is Cc1ccc(OCCCC(CN)c2ccc(N(C)C)cc2)cc1. The lowest BCUT2D eigenvalue weighted by molar-refractivity contribution is 0.301. The van der Waals surface area contributed by atoms with Crippen molar-refractivity contribution in [3.8, 4) is 5.75 Å². The zero-order chi connectivity index (χ0) is 16.7. The molecule has 1 unspecified atom stereocenters. The standard InChI is InChI=1S/C20H28N2O/c1-16-6-12-20(13-7-16)23-14-4-5-18(15-21)17-8-10-19(11-9-17)22(2)3/h6-13,18H,4-5,14-15,21H2,1-3H3. The molecule has 0 fully saturated rings. The van der Waals surface area contributed by atoms with Crippen molar-refractivity contribution in [3.63, 3.8) is 0 Å². The molecule has 2 rings (SSSR count). The normalized spacial score (nSPS) is 12.0. The van der Waals surface area contributed by atoms with Gasteiger partial charge in [0.1, 0.15) is 5.75 Å². The van der Waals surface area contributed by atoms with Crippen molar-refractivity contribution < 1.29 is 4.74 Å². The number of hydrogen-bond donors (Lipinski definition) is 1. The first-order valence-corrected chi connectivity index (χ1v) is 8.27. The molecule has 3 heteroatoms. The Morgan fingerprint density at radius 2 is 1.65 bits per heavy atom. The van der Waals surface area contributed by atoms with Gasteiger partial charge in [-0.1, -0.05) is 29.8 Å². The third-order valence-corrected chi connectivity index (χ3v) is 4.15. The summed E-state index contributed by atoms with van der Waals surface area (Å²) >= 11 is 0. The van der Waals surface area contributed by atoms with Gasteiger partial charge in [0, 0.05) is 19.8 Å². The van der Waals surface area contributed by atoms with E-state index in [2.05, 4.69) is 62.3 Å². The van der Waals surface area contributed by atoms with Crippen LogP contribution in [-0.4, -0.2) is 27.2 Å². The summed E-state index contributed by atoms with van der Waals surface area (Å²) in [6.45, 7) is 3.48. The Kier molecular flexibility index (Phi) is 6.48. The van der Waals surface area contributed by atoms with Gasteiger partial charge in [-0.25, -0.2) is 0 Å². The lowest BCUT2D eigenvalue weighted by atomic mass is 9.94. The van der Waals surface area contributed by atoms with Crippen LogP contribution in [-0.2, 0) is 0 Å². The molecular weight excluding hydrogens is 284 g/mol. The first kappa shape index (κ1) is 17.4. The highest BCUT2D eigenvalue weighted by Gasteiger charge is 2.10. The maximum atomic E-state index is 5.96. The Morgan fingerprint density at radius 3 is 2.22 bits per heavy atom. The summed E-state index contributed by atoms with van der Waals surface area (Å²) in [5.74, 6) is 1.34. The maximum Gasteiger partial charge on any atom is 0.119 e. The van der Waals surface area contributed by atoms with Crippen molar-refractivity contribution in [2.45, 2.75) is 25.7 Å². The minimum atomic E-state index is 0.396. The smallest absolute Gasteiger partial charge is 0.119 e. The highest BCUT2D eigenvalue weighted by molar-refractivity contribution is 5.46. The van der Waals surface area contributed by atoms with Crippen molar-refractivity contribution in [1.82, 2.24) is 0 Å². The van der Waals surface area contributed by atoms with Crippen LogP contribution in [0.25, 0.3) is 0 Å². The summed E-state index contributed by atoms with van der Waals surface area (Å²) in [5.41, 5.74) is 9.74. The van der Waals surface area contributed by atoms with E-state index in [0.29, 0.717) is 12.5 Å². The van der Waals surface area contributed by atoms with E-state index in [4.69, 9.17) is 10.5 Å². The van der Waals surface area contributed by atoms with Crippen molar-refractivity contribution >= 4 is 5.69 Å². The summed E-state index contributed by atoms with van der Waals surface area (Å²) in [4.78, 5) is 2.11. The van der Waals surface area contributed by atoms with E-state index >= 15 is 0 Å². The molecular formula is C20H28N2O. The average molecular weight is 312 g/mol. The van der Waals surface area contributed by atoms with Gasteiger partial charge in [-0.3, -0.25) is 0 Å². The first-order valence-electron chi connectivity index (χ1n) is 8.27. The number of nitrogens with two attached hydrogens (primary N) is 1. The fraction of sp³-hybridized carbons (Fsp3) is 0.400. The minimum Gasteiger partial charge on any atom is -0.494 e. The highest BCUT2D eigenvalue weighted by Crippen LogP contribution is 2.23. The Balaban J connectivity index is 1.81. The monoisotopic (exact) mass is 312 g/mol. The molecule has 0 aliphatic carbocycles. The fourth-order valence-electron chi connectivity index (χ4n) is 2.62. The van der Waals surface area contributed by atoms with Gasteiger partial charge in [0.15, 0.2) is 0 Å². The van der Waals surface area contributed by atoms with Crippen LogP contribution in [0.15, 0.2) is 48.5 Å². The molecule has 0 aliphatic rings. The molecule has 124 valence electrons. The van der Waals surface area contributed by atoms with Crippen molar-refractivity contribution in [2.24, 2.45) is 5.73 Å². The number of ether oxygens (including phenoxy) is 1. The molecule has 0 bridgehead atoms. The Morgan fingerprint density at radius 1 is 1.00 bits per heavy atom. The van der Waals surface area contributed by atoms with Crippen molar-refractivity contribution in [2.75, 3.05) is 32.1 Å². The van der Waals surface area contributed by atoms with E-state index in [1.54, 1.807) is 0 Å². The Hall–Kier alpha value is -2.00. The second kappa shape index (κ2) is 8.59. The van der Waals surface area contributed by atoms with Crippen LogP contribution < -0.4 is 15.4 Å². The van der Waals surface area contributed by atoms with Gasteiger partial charge in [-0.15, -0.1) is 0 Å². The number of rotatable bonds is 8. The van der Waals surface area contributed by atoms with E-state index in [-0.39, 0.29) is 0 Å². The van der Waals surface area contributed by atoms with Crippen LogP contribution in [0.4, 0.5) is 5.69 Å². The summed E-state index contributed by atoms with van der Waals surface area (Å²) in [6, 6.07) is 16.9. The molecule has 0 saturated heterocycles. The molecule has 2 aromatic rings. The molecule has 0 heterocycles. The van der Waals surface area contributed by atoms with Crippen molar-refractivity contribution in [3.05, 3.63) is 59.7 Å². The molecule has 0 aromatic heterocycles. The van der Waals surface area contributed by atoms with Crippen LogP contribution in [0, 0.1) is 6.92 Å². The summed E-state index contributed by atoms with van der Waals surface area (Å²) in [6.07, 6.45) is 2.05. The van der Waals surface area contributed by atoms with Gasteiger partial charge < -0.3 is 15.4 Å². The number of aryl methyl sites for hydroxylation is 1. The van der Waals surface area contributed by atoms with Crippen molar-refractivity contribution in [1.29, 1.82) is 0 Å². The summed E-state index contributed by atoms with van der Waals surface area (Å²) < 4.78 is 5.79. The predicted molar refractivity (Wildman–Crippen MR) is 98.5 cm³/mol. The summed E-state index contributed by atoms with van der Waals surface area (Å²) in [7, 11) is 4.11. The Labute approximate surface area is 140 Å². The van der Waals surface area contributed by atoms with Crippen LogP contribution in [0.3, 0.4) is 0 Å². The quantitative estimate of drug-likeness (QED) is 0.750. The largest absolute Gasteiger partial charge is 0.494 e. The van der Waals surface area contributed by atoms with Crippen LogP contribution >= 0.6 is 0 Å². The number of benzene rings is 2. The molecule has 0 saturated carbocycles. The molecule has 2 aromatic carbocycles. The lowest BCUT2D eigenvalue weighted by Gasteiger charge is -2.18. The fourth-order valence-corrected chi connectivity index (χ4v) is 2.62. The molecule has 0 radical (unpaired) electrons. The molecule has 23 heavy (non-hydrogen) atoms. The van der Waals surface area contributed by atoms with E-state index in [1.165, 1.54) is 16.8 Å². The van der Waals surface area contributed by atoms with Gasteiger partial charge in [-0.05, 0) is 62.1 Å². The van der Waals surface area contributed by atoms with E-state index in [9.17, 15) is 0 Å². The van der Waals surface area contributed by atoms with E-state index in [1.807, 2.05) is 12.1 Å². The zero-order valence-corrected chi connectivity index (χ0v) is 14.5. The topological polar surface area (TPSA) is 38.5 Å². The third kappa shape index (κ3) is 5.29.